The summed E-state index contributed by atoms with van der Waals surface area (Å²) in [4.78, 5) is 0. The molecule has 0 aliphatic rings. The summed E-state index contributed by atoms with van der Waals surface area (Å²) in [6, 6.07) is 3.96. The van der Waals surface area contributed by atoms with E-state index in [-0.39, 0.29) is 21.9 Å². The molecule has 0 aromatic heterocycles. The van der Waals surface area contributed by atoms with Gasteiger partial charge in [-0.1, -0.05) is 169 Å². The van der Waals surface area contributed by atoms with E-state index in [9.17, 15) is 12.3 Å². The van der Waals surface area contributed by atoms with Gasteiger partial charge >= 0.3 is 0 Å². The lowest BCUT2D eigenvalue weighted by molar-refractivity contribution is 1.62. The Morgan fingerprint density at radius 2 is 0.780 bits per heavy atom. The maximum atomic E-state index is 10.1. The zero-order valence-electron chi connectivity index (χ0n) is 46.9. The van der Waals surface area contributed by atoms with Crippen molar-refractivity contribution >= 4 is 53.9 Å². The molecule has 0 atom stereocenters. The Kier molecular flexibility index (Phi) is 3.37. The van der Waals surface area contributed by atoms with E-state index in [4.69, 9.17) is 16.4 Å². The number of hydrogen-bond donors (Lipinski definition) is 0. The number of rotatable bonds is 4. The standard InChI is InChI=1S/C50H32/c1-4-12-38-29-41(24-19-33(38)9-1)36-17-22-37(23-18-36)49-45-15-7-8-16-46(45)50(44-26-21-35-11-3-6-14-40(35)31-44)47-28-27-43(32-48(47)49)42-25-20-34-10-2-5-13-39(34)30-42/h1-32H/i2D,3D,5D,6D,7D,8D,10D,11D,13D,14D,15D,16D,20D,21D,25D,26D,27D,28D,30D,31D,32D. The molecule has 50 heavy (non-hydrogen) atoms. The SMILES string of the molecule is [2H]c1c([2H])c([2H])c2c([2H])c(-c3c([2H])c([2H])c4c(-c5c([2H])c([2H])c6c([2H])c([2H])c([2H])c([2H])c6c5[2H])c5c([2H])c([2H])c([2H])c([2H])c5c(-c5ccc(-c6ccc7ccccc7c6)cc5)c4c3[2H])c([2H])c([2H])c2c1[2H]. The van der Waals surface area contributed by atoms with E-state index in [1.54, 1.807) is 24.3 Å². The molecule has 0 nitrogen and oxygen atoms in total. The third kappa shape index (κ3) is 4.77. The van der Waals surface area contributed by atoms with E-state index in [1.165, 1.54) is 0 Å². The zero-order chi connectivity index (χ0) is 51.3. The van der Waals surface area contributed by atoms with Crippen LogP contribution in [0.2, 0.25) is 0 Å². The summed E-state index contributed by atoms with van der Waals surface area (Å²) in [6.45, 7) is 0. The summed E-state index contributed by atoms with van der Waals surface area (Å²) in [5.41, 5.74) is -0.837. The van der Waals surface area contributed by atoms with E-state index in [1.807, 2.05) is 42.5 Å². The van der Waals surface area contributed by atoms with E-state index < -0.39 is 181 Å². The lowest BCUT2D eigenvalue weighted by atomic mass is 9.84. The third-order valence-electron chi connectivity index (χ3n) is 8.76. The zero-order valence-corrected chi connectivity index (χ0v) is 25.9. The first-order chi connectivity index (χ1) is 33.5. The van der Waals surface area contributed by atoms with Gasteiger partial charge in [0, 0.05) is 0 Å². The van der Waals surface area contributed by atoms with Crippen LogP contribution in [0.25, 0.3) is 98.4 Å². The highest BCUT2D eigenvalue weighted by molar-refractivity contribution is 6.22. The van der Waals surface area contributed by atoms with Gasteiger partial charge in [0.15, 0.2) is 0 Å². The van der Waals surface area contributed by atoms with Crippen molar-refractivity contribution in [2.45, 2.75) is 0 Å². The number of benzene rings is 10. The molecule has 0 saturated heterocycles. The maximum absolute atomic E-state index is 10.1. The second-order valence-corrected chi connectivity index (χ2v) is 11.6. The van der Waals surface area contributed by atoms with Crippen molar-refractivity contribution in [3.8, 4) is 44.5 Å². The highest BCUT2D eigenvalue weighted by Gasteiger charge is 2.18. The Labute approximate surface area is 321 Å². The van der Waals surface area contributed by atoms with Crippen LogP contribution >= 0.6 is 0 Å². The van der Waals surface area contributed by atoms with Gasteiger partial charge in [-0.05, 0) is 123 Å². The van der Waals surface area contributed by atoms with Crippen LogP contribution in [0.15, 0.2) is 194 Å². The summed E-state index contributed by atoms with van der Waals surface area (Å²) in [5, 5.41) is -1.62. The Bertz CT molecular complexity index is 4110. The molecule has 232 valence electrons. The highest BCUT2D eigenvalue weighted by Crippen LogP contribution is 2.45. The Morgan fingerprint density at radius 1 is 0.280 bits per heavy atom. The Balaban J connectivity index is 1.46. The molecule has 0 spiro atoms. The maximum Gasteiger partial charge on any atom is 0.0636 e. The first kappa shape index (κ1) is 14.5. The van der Waals surface area contributed by atoms with E-state index in [2.05, 4.69) is 0 Å². The van der Waals surface area contributed by atoms with Gasteiger partial charge < -0.3 is 0 Å². The number of fused-ring (bicyclic) bond motifs is 5. The van der Waals surface area contributed by atoms with Gasteiger partial charge in [0.1, 0.15) is 0 Å². The van der Waals surface area contributed by atoms with Gasteiger partial charge in [-0.25, -0.2) is 0 Å². The summed E-state index contributed by atoms with van der Waals surface area (Å²) in [7, 11) is 0. The minimum Gasteiger partial charge on any atom is -0.0616 e. The van der Waals surface area contributed by atoms with E-state index in [0.29, 0.717) is 5.56 Å². The molecule has 0 amide bonds. The normalized spacial score (nSPS) is 17.5. The Hall–Kier alpha value is -6.50. The minimum absolute atomic E-state index is 0.130. The third-order valence-corrected chi connectivity index (χ3v) is 8.76. The van der Waals surface area contributed by atoms with Crippen LogP contribution in [0.4, 0.5) is 0 Å². The fourth-order valence-corrected chi connectivity index (χ4v) is 6.39. The van der Waals surface area contributed by atoms with E-state index in [0.717, 1.165) is 16.3 Å². The van der Waals surface area contributed by atoms with Crippen molar-refractivity contribution in [3.05, 3.63) is 194 Å². The average molecular weight is 654 g/mol. The molecule has 0 unspecified atom stereocenters. The quantitative estimate of drug-likeness (QED) is 0.166. The van der Waals surface area contributed by atoms with Crippen LogP contribution in [0.5, 0.6) is 0 Å². The smallest absolute Gasteiger partial charge is 0.0616 e. The highest BCUT2D eigenvalue weighted by atomic mass is 14.2. The molecule has 0 heterocycles. The first-order valence-corrected chi connectivity index (χ1v) is 15.6. The van der Waals surface area contributed by atoms with Gasteiger partial charge in [0.25, 0.3) is 0 Å². The van der Waals surface area contributed by atoms with Crippen LogP contribution in [0.1, 0.15) is 28.8 Å². The van der Waals surface area contributed by atoms with Crippen LogP contribution in [0.3, 0.4) is 0 Å². The summed E-state index contributed by atoms with van der Waals surface area (Å²) < 4.78 is 191. The van der Waals surface area contributed by atoms with Gasteiger partial charge in [-0.15, -0.1) is 0 Å². The van der Waals surface area contributed by atoms with E-state index >= 15 is 0 Å². The van der Waals surface area contributed by atoms with Crippen molar-refractivity contribution in [1.29, 1.82) is 0 Å². The lowest BCUT2D eigenvalue weighted by Gasteiger charge is -2.19. The van der Waals surface area contributed by atoms with Crippen LogP contribution in [-0.4, -0.2) is 0 Å². The molecule has 10 aromatic rings. The monoisotopic (exact) mass is 653 g/mol. The molecule has 10 aromatic carbocycles. The summed E-state index contributed by atoms with van der Waals surface area (Å²) >= 11 is 0. The second kappa shape index (κ2) is 11.6. The van der Waals surface area contributed by atoms with Crippen LogP contribution in [-0.2, 0) is 0 Å². The lowest BCUT2D eigenvalue weighted by Crippen LogP contribution is -1.92. The Morgan fingerprint density at radius 3 is 1.50 bits per heavy atom. The molecular formula is C50H32. The van der Waals surface area contributed by atoms with Gasteiger partial charge in [0.2, 0.25) is 0 Å². The predicted molar refractivity (Wildman–Crippen MR) is 216 cm³/mol. The fraction of sp³-hybridized carbons (Fsp3) is 0. The fourth-order valence-electron chi connectivity index (χ4n) is 6.39. The predicted octanol–water partition coefficient (Wildman–Crippen LogP) is 14.1. The molecule has 0 N–H and O–H groups in total. The molecule has 10 rings (SSSR count). The van der Waals surface area contributed by atoms with Crippen molar-refractivity contribution in [1.82, 2.24) is 0 Å². The molecule has 0 fully saturated rings. The topological polar surface area (TPSA) is 0 Å². The van der Waals surface area contributed by atoms with Gasteiger partial charge in [-0.2, -0.15) is 0 Å². The second-order valence-electron chi connectivity index (χ2n) is 11.6. The average Bonchev–Trinajstić information content (AvgIpc) is 3.36. The molecule has 0 radical (unpaired) electrons. The molecular weight excluding hydrogens is 601 g/mol. The van der Waals surface area contributed by atoms with Crippen molar-refractivity contribution < 1.29 is 28.8 Å². The van der Waals surface area contributed by atoms with Crippen molar-refractivity contribution in [3.63, 3.8) is 0 Å². The summed E-state index contributed by atoms with van der Waals surface area (Å²) in [6.07, 6.45) is 0. The minimum atomic E-state index is -0.894. The molecule has 0 aliphatic heterocycles. The molecule has 0 heteroatoms. The van der Waals surface area contributed by atoms with Crippen LogP contribution < -0.4 is 0 Å². The van der Waals surface area contributed by atoms with Crippen LogP contribution in [0, 0.1) is 0 Å². The molecule has 0 bridgehead atoms. The molecule has 0 aliphatic carbocycles. The van der Waals surface area contributed by atoms with Crippen molar-refractivity contribution in [2.24, 2.45) is 0 Å². The molecule has 0 saturated carbocycles. The number of hydrogen-bond acceptors (Lipinski definition) is 0. The van der Waals surface area contributed by atoms with Gasteiger partial charge in [0.05, 0.1) is 28.8 Å². The summed E-state index contributed by atoms with van der Waals surface area (Å²) in [5.74, 6) is 0. The van der Waals surface area contributed by atoms with Crippen molar-refractivity contribution in [2.75, 3.05) is 0 Å². The first-order valence-electron chi connectivity index (χ1n) is 26.1. The van der Waals surface area contributed by atoms with Gasteiger partial charge in [-0.3, -0.25) is 0 Å². The largest absolute Gasteiger partial charge is 0.0636 e.